The molecule has 8 nitrogen and oxygen atoms in total. The van der Waals surface area contributed by atoms with Crippen molar-refractivity contribution in [2.24, 2.45) is 0 Å². The van der Waals surface area contributed by atoms with Gasteiger partial charge in [0.1, 0.15) is 5.82 Å². The Hall–Kier alpha value is -2.94. The molecule has 0 radical (unpaired) electrons. The maximum absolute atomic E-state index is 12.6. The summed E-state index contributed by atoms with van der Waals surface area (Å²) in [6.07, 6.45) is 1.61. The van der Waals surface area contributed by atoms with E-state index in [-0.39, 0.29) is 29.4 Å². The molecule has 1 amide bonds. The molecule has 0 saturated heterocycles. The Bertz CT molecular complexity index is 925. The van der Waals surface area contributed by atoms with Gasteiger partial charge in [0, 0.05) is 29.7 Å². The molecule has 0 saturated carbocycles. The molecule has 2 N–H and O–H groups in total. The number of hydrogen-bond acceptors (Lipinski definition) is 6. The summed E-state index contributed by atoms with van der Waals surface area (Å²) in [6, 6.07) is 6.11. The smallest absolute Gasteiger partial charge is 0.273 e. The van der Waals surface area contributed by atoms with Crippen molar-refractivity contribution in [3.05, 3.63) is 68.5 Å². The van der Waals surface area contributed by atoms with Crippen molar-refractivity contribution in [1.82, 2.24) is 9.97 Å². The van der Waals surface area contributed by atoms with Crippen molar-refractivity contribution >= 4 is 29.2 Å². The fraction of sp³-hybridized carbons (Fsp3) is 0.188. The highest BCUT2D eigenvalue weighted by Crippen LogP contribution is 2.38. The van der Waals surface area contributed by atoms with E-state index in [2.05, 4.69) is 21.9 Å². The number of para-hydroxylation sites is 1. The third-order valence-corrected chi connectivity index (χ3v) is 4.65. The molecule has 0 fully saturated rings. The number of nitrogens with one attached hydrogen (secondary N) is 2. The standard InChI is InChI=1S/C16H14N4O4S/c1-2-7-25-16-18-14-13(15(22)19-16)10(8-12(21)17-14)9-5-3-4-6-11(9)20(23)24/h2-6,10H,1,7-8H2,(H2,17,18,19,21,22)/t10-/m0/s1. The van der Waals surface area contributed by atoms with E-state index in [4.69, 9.17) is 0 Å². The number of aromatic nitrogens is 2. The maximum atomic E-state index is 12.6. The largest absolute Gasteiger partial charge is 0.310 e. The zero-order chi connectivity index (χ0) is 18.0. The second-order valence-corrected chi connectivity index (χ2v) is 6.36. The van der Waals surface area contributed by atoms with Gasteiger partial charge in [0.05, 0.1) is 10.5 Å². The van der Waals surface area contributed by atoms with Gasteiger partial charge in [-0.15, -0.1) is 6.58 Å². The van der Waals surface area contributed by atoms with E-state index in [9.17, 15) is 19.7 Å². The number of aromatic amines is 1. The second-order valence-electron chi connectivity index (χ2n) is 5.35. The molecule has 25 heavy (non-hydrogen) atoms. The van der Waals surface area contributed by atoms with Crippen molar-refractivity contribution in [1.29, 1.82) is 0 Å². The van der Waals surface area contributed by atoms with Gasteiger partial charge < -0.3 is 10.3 Å². The predicted molar refractivity (Wildman–Crippen MR) is 94.0 cm³/mol. The number of hydrogen-bond donors (Lipinski definition) is 2. The molecule has 0 bridgehead atoms. The van der Waals surface area contributed by atoms with Crippen molar-refractivity contribution in [2.45, 2.75) is 17.5 Å². The Balaban J connectivity index is 2.14. The number of benzene rings is 1. The number of anilines is 1. The molecule has 2 aromatic rings. The van der Waals surface area contributed by atoms with Gasteiger partial charge in [-0.25, -0.2) is 4.98 Å². The average molecular weight is 358 g/mol. The van der Waals surface area contributed by atoms with Crippen LogP contribution >= 0.6 is 11.8 Å². The monoisotopic (exact) mass is 358 g/mol. The molecule has 1 atom stereocenters. The fourth-order valence-electron chi connectivity index (χ4n) is 2.77. The number of nitrogens with zero attached hydrogens (tertiary/aromatic N) is 2. The lowest BCUT2D eigenvalue weighted by Crippen LogP contribution is -2.31. The number of nitro groups is 1. The summed E-state index contributed by atoms with van der Waals surface area (Å²) in [5.74, 6) is -0.369. The van der Waals surface area contributed by atoms with Crippen molar-refractivity contribution in [2.75, 3.05) is 11.1 Å². The Labute approximate surface area is 146 Å². The average Bonchev–Trinajstić information content (AvgIpc) is 2.58. The van der Waals surface area contributed by atoms with Crippen LogP contribution in [0.3, 0.4) is 0 Å². The molecule has 128 valence electrons. The summed E-state index contributed by atoms with van der Waals surface area (Å²) in [4.78, 5) is 42.4. The molecule has 1 aliphatic rings. The van der Waals surface area contributed by atoms with Crippen LogP contribution in [0.15, 0.2) is 46.9 Å². The SMILES string of the molecule is C=CCSc1nc2c(c(=O)[nH]1)[C@H](c1ccccc1[N+](=O)[O-])CC(=O)N2. The first kappa shape index (κ1) is 16.9. The van der Waals surface area contributed by atoms with Crippen molar-refractivity contribution in [3.63, 3.8) is 0 Å². The number of nitro benzene ring substituents is 1. The molecule has 1 aromatic carbocycles. The van der Waals surface area contributed by atoms with Gasteiger partial charge >= 0.3 is 0 Å². The van der Waals surface area contributed by atoms with Gasteiger partial charge in [-0.1, -0.05) is 36.0 Å². The normalized spacial score (nSPS) is 16.0. The topological polar surface area (TPSA) is 118 Å². The van der Waals surface area contributed by atoms with Crippen LogP contribution in [0.1, 0.15) is 23.5 Å². The summed E-state index contributed by atoms with van der Waals surface area (Å²) in [7, 11) is 0. The molecule has 1 aliphatic heterocycles. The number of H-pyrrole nitrogens is 1. The lowest BCUT2D eigenvalue weighted by Gasteiger charge is -2.24. The molecule has 0 aliphatic carbocycles. The first-order valence-corrected chi connectivity index (χ1v) is 8.41. The molecular weight excluding hydrogens is 344 g/mol. The van der Waals surface area contributed by atoms with E-state index in [0.29, 0.717) is 16.5 Å². The fourth-order valence-corrected chi connectivity index (χ4v) is 3.37. The molecule has 0 spiro atoms. The molecule has 3 rings (SSSR count). The van der Waals surface area contributed by atoms with Crippen LogP contribution < -0.4 is 10.9 Å². The molecule has 2 heterocycles. The molecule has 9 heteroatoms. The minimum absolute atomic E-state index is 0.0538. The van der Waals surface area contributed by atoms with Gasteiger partial charge in [0.2, 0.25) is 5.91 Å². The van der Waals surface area contributed by atoms with Crippen LogP contribution in [0, 0.1) is 10.1 Å². The Kier molecular flexibility index (Phi) is 4.66. The summed E-state index contributed by atoms with van der Waals surface area (Å²) in [5, 5.41) is 14.2. The Morgan fingerprint density at radius 1 is 1.40 bits per heavy atom. The predicted octanol–water partition coefficient (Wildman–Crippen LogP) is 2.43. The maximum Gasteiger partial charge on any atom is 0.273 e. The zero-order valence-corrected chi connectivity index (χ0v) is 13.8. The van der Waals surface area contributed by atoms with Crippen LogP contribution in [0.5, 0.6) is 0 Å². The van der Waals surface area contributed by atoms with Crippen LogP contribution in [-0.4, -0.2) is 26.6 Å². The lowest BCUT2D eigenvalue weighted by molar-refractivity contribution is -0.385. The summed E-state index contributed by atoms with van der Waals surface area (Å²) in [6.45, 7) is 3.60. The van der Waals surface area contributed by atoms with Gasteiger partial charge in [-0.2, -0.15) is 0 Å². The lowest BCUT2D eigenvalue weighted by atomic mass is 9.86. The van der Waals surface area contributed by atoms with Crippen LogP contribution in [-0.2, 0) is 4.79 Å². The van der Waals surface area contributed by atoms with E-state index >= 15 is 0 Å². The number of thioether (sulfide) groups is 1. The van der Waals surface area contributed by atoms with Gasteiger partial charge in [0.15, 0.2) is 5.16 Å². The minimum atomic E-state index is -0.722. The highest BCUT2D eigenvalue weighted by molar-refractivity contribution is 7.99. The van der Waals surface area contributed by atoms with E-state index in [1.165, 1.54) is 17.8 Å². The number of amides is 1. The molecule has 1 aromatic heterocycles. The van der Waals surface area contributed by atoms with E-state index in [0.717, 1.165) is 0 Å². The van der Waals surface area contributed by atoms with E-state index < -0.39 is 16.4 Å². The van der Waals surface area contributed by atoms with Crippen LogP contribution in [0.4, 0.5) is 11.5 Å². The molecule has 0 unspecified atom stereocenters. The Morgan fingerprint density at radius 2 is 2.16 bits per heavy atom. The van der Waals surface area contributed by atoms with Gasteiger partial charge in [-0.05, 0) is 0 Å². The first-order valence-electron chi connectivity index (χ1n) is 7.42. The third-order valence-electron chi connectivity index (χ3n) is 3.78. The zero-order valence-electron chi connectivity index (χ0n) is 13.0. The van der Waals surface area contributed by atoms with Crippen molar-refractivity contribution in [3.8, 4) is 0 Å². The second kappa shape index (κ2) is 6.89. The molecular formula is C16H14N4O4S. The van der Waals surface area contributed by atoms with Gasteiger partial charge in [0.25, 0.3) is 11.2 Å². The summed E-state index contributed by atoms with van der Waals surface area (Å²) >= 11 is 1.27. The quantitative estimate of drug-likeness (QED) is 0.279. The van der Waals surface area contributed by atoms with E-state index in [1.54, 1.807) is 24.3 Å². The summed E-state index contributed by atoms with van der Waals surface area (Å²) < 4.78 is 0. The van der Waals surface area contributed by atoms with Crippen LogP contribution in [0.2, 0.25) is 0 Å². The van der Waals surface area contributed by atoms with Crippen LogP contribution in [0.25, 0.3) is 0 Å². The highest BCUT2D eigenvalue weighted by Gasteiger charge is 2.34. The highest BCUT2D eigenvalue weighted by atomic mass is 32.2. The Morgan fingerprint density at radius 3 is 2.88 bits per heavy atom. The minimum Gasteiger partial charge on any atom is -0.310 e. The third kappa shape index (κ3) is 3.31. The number of carbonyl (C=O) groups excluding carboxylic acids is 1. The van der Waals surface area contributed by atoms with Gasteiger partial charge in [-0.3, -0.25) is 19.7 Å². The first-order chi connectivity index (χ1) is 12.0. The number of rotatable bonds is 5. The number of fused-ring (bicyclic) bond motifs is 1. The van der Waals surface area contributed by atoms with Crippen molar-refractivity contribution < 1.29 is 9.72 Å². The van der Waals surface area contributed by atoms with E-state index in [1.807, 2.05) is 0 Å². The number of carbonyl (C=O) groups is 1. The summed E-state index contributed by atoms with van der Waals surface area (Å²) in [5.41, 5.74) is 0.0108.